The third-order valence-electron chi connectivity index (χ3n) is 4.54. The summed E-state index contributed by atoms with van der Waals surface area (Å²) in [4.78, 5) is 31.5. The highest BCUT2D eigenvalue weighted by molar-refractivity contribution is 5.89. The summed E-state index contributed by atoms with van der Waals surface area (Å²) in [5.41, 5.74) is 2.29. The predicted molar refractivity (Wildman–Crippen MR) is 117 cm³/mol. The minimum Gasteiger partial charge on any atom is -0.481 e. The second-order valence-electron chi connectivity index (χ2n) is 7.60. The first-order valence-corrected chi connectivity index (χ1v) is 9.71. The molecule has 0 aliphatic heterocycles. The monoisotopic (exact) mass is 420 g/mol. The number of rotatable bonds is 8. The van der Waals surface area contributed by atoms with E-state index in [0.717, 1.165) is 16.7 Å². The Morgan fingerprint density at radius 3 is 2.23 bits per heavy atom. The third-order valence-corrected chi connectivity index (χ3v) is 4.54. The molecule has 2 aromatic carbocycles. The van der Waals surface area contributed by atoms with Crippen LogP contribution in [0, 0.1) is 5.41 Å². The van der Waals surface area contributed by atoms with Gasteiger partial charge in [-0.25, -0.2) is 14.8 Å². The van der Waals surface area contributed by atoms with Crippen molar-refractivity contribution in [1.29, 1.82) is 0 Å². The molecular formula is C23H24N4O4. The van der Waals surface area contributed by atoms with Crippen molar-refractivity contribution < 1.29 is 19.4 Å². The first-order valence-electron chi connectivity index (χ1n) is 9.71. The van der Waals surface area contributed by atoms with Crippen LogP contribution in [0.1, 0.15) is 19.4 Å². The van der Waals surface area contributed by atoms with Crippen molar-refractivity contribution in [3.8, 4) is 17.1 Å². The molecule has 1 heterocycles. The van der Waals surface area contributed by atoms with E-state index in [0.29, 0.717) is 12.2 Å². The summed E-state index contributed by atoms with van der Waals surface area (Å²) in [6.45, 7) is 3.55. The summed E-state index contributed by atoms with van der Waals surface area (Å²) in [6.07, 6.45) is 3.20. The van der Waals surface area contributed by atoms with Crippen molar-refractivity contribution in [3.63, 3.8) is 0 Å². The van der Waals surface area contributed by atoms with E-state index in [9.17, 15) is 9.59 Å². The third kappa shape index (κ3) is 6.27. The normalized spacial score (nSPS) is 10.9. The van der Waals surface area contributed by atoms with Gasteiger partial charge in [-0.15, -0.1) is 0 Å². The van der Waals surface area contributed by atoms with E-state index in [2.05, 4.69) is 20.6 Å². The lowest BCUT2D eigenvalue weighted by molar-refractivity contribution is -0.148. The lowest BCUT2D eigenvalue weighted by atomic mass is 9.95. The van der Waals surface area contributed by atoms with E-state index in [-0.39, 0.29) is 18.6 Å². The van der Waals surface area contributed by atoms with E-state index in [1.54, 1.807) is 38.4 Å². The maximum atomic E-state index is 12.1. The van der Waals surface area contributed by atoms with Gasteiger partial charge >= 0.3 is 18.0 Å². The van der Waals surface area contributed by atoms with E-state index in [1.807, 2.05) is 42.5 Å². The highest BCUT2D eigenvalue weighted by Gasteiger charge is 2.28. The van der Waals surface area contributed by atoms with E-state index in [4.69, 9.17) is 9.84 Å². The summed E-state index contributed by atoms with van der Waals surface area (Å²) in [5, 5.41) is 14.7. The lowest BCUT2D eigenvalue weighted by Gasteiger charge is -2.18. The second kappa shape index (κ2) is 9.71. The summed E-state index contributed by atoms with van der Waals surface area (Å²) < 4.78 is 5.38. The molecule has 1 aromatic heterocycles. The van der Waals surface area contributed by atoms with Gasteiger partial charge in [-0.3, -0.25) is 4.79 Å². The predicted octanol–water partition coefficient (Wildman–Crippen LogP) is 3.95. The maximum absolute atomic E-state index is 12.1. The molecule has 0 atom stereocenters. The Labute approximate surface area is 180 Å². The van der Waals surface area contributed by atoms with Crippen molar-refractivity contribution in [2.45, 2.75) is 20.4 Å². The summed E-state index contributed by atoms with van der Waals surface area (Å²) in [6, 6.07) is 16.8. The van der Waals surface area contributed by atoms with Gasteiger partial charge in [-0.1, -0.05) is 42.5 Å². The van der Waals surface area contributed by atoms with Crippen molar-refractivity contribution >= 4 is 17.7 Å². The van der Waals surface area contributed by atoms with Gasteiger partial charge in [0.15, 0.2) is 0 Å². The average molecular weight is 420 g/mol. The molecular weight excluding hydrogens is 396 g/mol. The molecule has 0 aliphatic carbocycles. The van der Waals surface area contributed by atoms with Crippen molar-refractivity contribution in [1.82, 2.24) is 15.3 Å². The Balaban J connectivity index is 1.53. The molecule has 2 amide bonds. The maximum Gasteiger partial charge on any atom is 0.319 e. The van der Waals surface area contributed by atoms with Crippen LogP contribution in [0.25, 0.3) is 11.1 Å². The summed E-state index contributed by atoms with van der Waals surface area (Å²) in [5.74, 6) is -0.952. The van der Waals surface area contributed by atoms with Crippen LogP contribution in [-0.2, 0) is 11.3 Å². The molecule has 3 N–H and O–H groups in total. The van der Waals surface area contributed by atoms with Crippen LogP contribution in [0.2, 0.25) is 0 Å². The number of ether oxygens (including phenoxy) is 1. The number of carboxylic acids is 1. The first kappa shape index (κ1) is 21.8. The van der Waals surface area contributed by atoms with Crippen LogP contribution in [-0.4, -0.2) is 33.7 Å². The molecule has 8 heteroatoms. The largest absolute Gasteiger partial charge is 0.481 e. The zero-order chi connectivity index (χ0) is 22.3. The Morgan fingerprint density at radius 1 is 0.968 bits per heavy atom. The van der Waals surface area contributed by atoms with Gasteiger partial charge in [0.1, 0.15) is 6.61 Å². The molecule has 0 bridgehead atoms. The van der Waals surface area contributed by atoms with Crippen LogP contribution in [0.3, 0.4) is 0 Å². The average Bonchev–Trinajstić information content (AvgIpc) is 2.78. The number of aromatic nitrogens is 2. The molecule has 3 aromatic rings. The smallest absolute Gasteiger partial charge is 0.319 e. The number of carbonyl (C=O) groups excluding carboxylic acids is 1. The molecule has 31 heavy (non-hydrogen) atoms. The molecule has 0 unspecified atom stereocenters. The zero-order valence-corrected chi connectivity index (χ0v) is 17.3. The number of benzene rings is 2. The van der Waals surface area contributed by atoms with Gasteiger partial charge in [0, 0.05) is 30.2 Å². The van der Waals surface area contributed by atoms with Crippen LogP contribution in [0.5, 0.6) is 6.01 Å². The number of anilines is 1. The molecule has 0 fully saturated rings. The molecule has 0 saturated heterocycles. The van der Waals surface area contributed by atoms with Gasteiger partial charge < -0.3 is 20.5 Å². The Bertz CT molecular complexity index is 1020. The van der Waals surface area contributed by atoms with E-state index in [1.165, 1.54) is 0 Å². The van der Waals surface area contributed by atoms with Crippen molar-refractivity contribution in [2.24, 2.45) is 5.41 Å². The molecule has 3 rings (SSSR count). The quantitative estimate of drug-likeness (QED) is 0.508. The number of hydrogen-bond acceptors (Lipinski definition) is 5. The minimum absolute atomic E-state index is 0.0334. The van der Waals surface area contributed by atoms with Crippen LogP contribution in [0.15, 0.2) is 67.0 Å². The Morgan fingerprint density at radius 2 is 1.61 bits per heavy atom. The Kier molecular flexibility index (Phi) is 6.81. The van der Waals surface area contributed by atoms with Gasteiger partial charge in [0.25, 0.3) is 0 Å². The van der Waals surface area contributed by atoms with Gasteiger partial charge in [-0.2, -0.15) is 0 Å². The van der Waals surface area contributed by atoms with Gasteiger partial charge in [0.05, 0.1) is 5.41 Å². The summed E-state index contributed by atoms with van der Waals surface area (Å²) in [7, 11) is 0. The minimum atomic E-state index is -1.03. The van der Waals surface area contributed by atoms with Crippen molar-refractivity contribution in [3.05, 3.63) is 72.6 Å². The molecule has 0 saturated carbocycles. The number of amides is 2. The van der Waals surface area contributed by atoms with Crippen LogP contribution in [0.4, 0.5) is 10.5 Å². The SMILES string of the molecule is CC(C)(COc1ncc(-c2ccc(NC(=O)NCc3ccccc3)cc2)cn1)C(=O)O. The Hall–Kier alpha value is -3.94. The number of urea groups is 1. The fourth-order valence-corrected chi connectivity index (χ4v) is 2.55. The molecule has 160 valence electrons. The van der Waals surface area contributed by atoms with E-state index >= 15 is 0 Å². The number of carboxylic acid groups (broad SMARTS) is 1. The lowest BCUT2D eigenvalue weighted by Crippen LogP contribution is -2.31. The highest BCUT2D eigenvalue weighted by atomic mass is 16.5. The van der Waals surface area contributed by atoms with Gasteiger partial charge in [0.2, 0.25) is 0 Å². The topological polar surface area (TPSA) is 113 Å². The van der Waals surface area contributed by atoms with Crippen molar-refractivity contribution in [2.75, 3.05) is 11.9 Å². The zero-order valence-electron chi connectivity index (χ0n) is 17.3. The van der Waals surface area contributed by atoms with Crippen LogP contribution >= 0.6 is 0 Å². The number of carbonyl (C=O) groups is 2. The van der Waals surface area contributed by atoms with Crippen LogP contribution < -0.4 is 15.4 Å². The highest BCUT2D eigenvalue weighted by Crippen LogP contribution is 2.22. The molecule has 8 nitrogen and oxygen atoms in total. The fraction of sp³-hybridized carbons (Fsp3) is 0.217. The van der Waals surface area contributed by atoms with E-state index < -0.39 is 11.4 Å². The fourth-order valence-electron chi connectivity index (χ4n) is 2.55. The molecule has 0 aliphatic rings. The standard InChI is InChI=1S/C23H24N4O4/c1-23(2,20(28)29)15-31-22-25-13-18(14-26-22)17-8-10-19(11-9-17)27-21(30)24-12-16-6-4-3-5-7-16/h3-11,13-14H,12,15H2,1-2H3,(H,28,29)(H2,24,27,30). The van der Waals surface area contributed by atoms with Gasteiger partial charge in [-0.05, 0) is 37.1 Å². The summed E-state index contributed by atoms with van der Waals surface area (Å²) >= 11 is 0. The number of hydrogen-bond donors (Lipinski definition) is 3. The second-order valence-corrected chi connectivity index (χ2v) is 7.60. The molecule has 0 radical (unpaired) electrons. The number of aliphatic carboxylic acids is 1. The molecule has 0 spiro atoms. The number of nitrogens with zero attached hydrogens (tertiary/aromatic N) is 2. The number of nitrogens with one attached hydrogen (secondary N) is 2. The first-order chi connectivity index (χ1) is 14.8.